The predicted molar refractivity (Wildman–Crippen MR) is 81.7 cm³/mol. The third kappa shape index (κ3) is 5.01. The van der Waals surface area contributed by atoms with Gasteiger partial charge in [-0.15, -0.1) is 0 Å². The molecule has 1 aliphatic carbocycles. The normalized spacial score (nSPS) is 21.3. The van der Waals surface area contributed by atoms with Crippen LogP contribution in [0.25, 0.3) is 0 Å². The summed E-state index contributed by atoms with van der Waals surface area (Å²) in [4.78, 5) is 25.6. The number of esters is 1. The number of carbonyl (C=O) groups excluding carboxylic acids is 2. The highest BCUT2D eigenvalue weighted by molar-refractivity contribution is 5.77. The van der Waals surface area contributed by atoms with Crippen molar-refractivity contribution in [1.82, 2.24) is 4.90 Å². The molecule has 0 N–H and O–H groups in total. The molecule has 1 aliphatic heterocycles. The Morgan fingerprint density at radius 2 is 1.71 bits per heavy atom. The van der Waals surface area contributed by atoms with E-state index < -0.39 is 0 Å². The van der Waals surface area contributed by atoms with Crippen LogP contribution in [0, 0.1) is 11.8 Å². The summed E-state index contributed by atoms with van der Waals surface area (Å²) in [5.41, 5.74) is 0. The Morgan fingerprint density at radius 1 is 1.05 bits per heavy atom. The molecule has 1 saturated carbocycles. The minimum absolute atomic E-state index is 0.0127. The molecule has 0 atom stereocenters. The van der Waals surface area contributed by atoms with Crippen molar-refractivity contribution in [2.45, 2.75) is 64.2 Å². The van der Waals surface area contributed by atoms with E-state index in [2.05, 4.69) is 0 Å². The molecular weight excluding hydrogens is 266 g/mol. The minimum atomic E-state index is -0.126. The maximum absolute atomic E-state index is 12.2. The first-order valence-corrected chi connectivity index (χ1v) is 8.56. The predicted octanol–water partition coefficient (Wildman–Crippen LogP) is 3.15. The first-order valence-electron chi connectivity index (χ1n) is 8.56. The molecule has 0 spiro atoms. The third-order valence-corrected chi connectivity index (χ3v) is 5.11. The summed E-state index contributed by atoms with van der Waals surface area (Å²) in [5, 5.41) is 0. The largest absolute Gasteiger partial charge is 0.469 e. The van der Waals surface area contributed by atoms with Crippen molar-refractivity contribution in [3.63, 3.8) is 0 Å². The van der Waals surface area contributed by atoms with Crippen LogP contribution in [0.15, 0.2) is 0 Å². The third-order valence-electron chi connectivity index (χ3n) is 5.11. The second-order valence-corrected chi connectivity index (χ2v) is 6.57. The summed E-state index contributed by atoms with van der Waals surface area (Å²) in [6.45, 7) is 1.42. The minimum Gasteiger partial charge on any atom is -0.469 e. The number of methoxy groups -OCH3 is 1. The molecule has 2 fully saturated rings. The van der Waals surface area contributed by atoms with E-state index in [0.717, 1.165) is 25.2 Å². The lowest BCUT2D eigenvalue weighted by molar-refractivity contribution is -0.148. The number of amides is 1. The monoisotopic (exact) mass is 295 g/mol. The molecule has 0 bridgehead atoms. The van der Waals surface area contributed by atoms with Crippen molar-refractivity contribution in [2.75, 3.05) is 20.2 Å². The van der Waals surface area contributed by atoms with Crippen LogP contribution in [0.1, 0.15) is 64.2 Å². The highest BCUT2D eigenvalue weighted by Crippen LogP contribution is 2.28. The molecule has 2 rings (SSSR count). The van der Waals surface area contributed by atoms with Crippen molar-refractivity contribution < 1.29 is 14.3 Å². The molecule has 1 amide bonds. The van der Waals surface area contributed by atoms with E-state index in [9.17, 15) is 9.59 Å². The van der Waals surface area contributed by atoms with Crippen LogP contribution in [0.3, 0.4) is 0 Å². The molecule has 21 heavy (non-hydrogen) atoms. The number of ether oxygens (including phenoxy) is 1. The van der Waals surface area contributed by atoms with Crippen LogP contribution in [0.4, 0.5) is 0 Å². The first-order chi connectivity index (χ1) is 10.2. The zero-order valence-electron chi connectivity index (χ0n) is 13.3. The molecule has 0 aromatic heterocycles. The van der Waals surface area contributed by atoms with Gasteiger partial charge >= 0.3 is 5.97 Å². The van der Waals surface area contributed by atoms with Crippen molar-refractivity contribution >= 4 is 11.9 Å². The van der Waals surface area contributed by atoms with E-state index in [-0.39, 0.29) is 17.8 Å². The molecule has 0 aromatic rings. The highest BCUT2D eigenvalue weighted by Gasteiger charge is 2.27. The number of piperidine rings is 1. The summed E-state index contributed by atoms with van der Waals surface area (Å²) in [5.74, 6) is 0.992. The second-order valence-electron chi connectivity index (χ2n) is 6.57. The van der Waals surface area contributed by atoms with Crippen LogP contribution in [0.2, 0.25) is 0 Å². The van der Waals surface area contributed by atoms with Crippen LogP contribution in [0.5, 0.6) is 0 Å². The van der Waals surface area contributed by atoms with E-state index in [1.54, 1.807) is 0 Å². The Morgan fingerprint density at radius 3 is 2.33 bits per heavy atom. The number of likely N-dealkylation sites (tertiary alicyclic amines) is 1. The van der Waals surface area contributed by atoms with E-state index in [0.29, 0.717) is 19.5 Å². The molecule has 2 aliphatic rings. The Bertz CT molecular complexity index is 342. The first kappa shape index (κ1) is 16.3. The van der Waals surface area contributed by atoms with Crippen molar-refractivity contribution in [2.24, 2.45) is 11.8 Å². The smallest absolute Gasteiger partial charge is 0.308 e. The number of nitrogens with zero attached hydrogens (tertiary/aromatic N) is 1. The molecule has 0 unspecified atom stereocenters. The quantitative estimate of drug-likeness (QED) is 0.732. The van der Waals surface area contributed by atoms with E-state index >= 15 is 0 Å². The van der Waals surface area contributed by atoms with Gasteiger partial charge in [0.1, 0.15) is 0 Å². The summed E-state index contributed by atoms with van der Waals surface area (Å²) >= 11 is 0. The van der Waals surface area contributed by atoms with Crippen LogP contribution in [-0.2, 0) is 14.3 Å². The molecule has 0 aromatic carbocycles. The van der Waals surface area contributed by atoms with Gasteiger partial charge in [0, 0.05) is 19.5 Å². The molecule has 0 radical (unpaired) electrons. The van der Waals surface area contributed by atoms with Gasteiger partial charge in [-0.3, -0.25) is 9.59 Å². The Kier molecular flexibility index (Phi) is 6.52. The number of hydrogen-bond acceptors (Lipinski definition) is 3. The number of hydrogen-bond donors (Lipinski definition) is 0. The lowest BCUT2D eigenvalue weighted by Gasteiger charge is -2.31. The maximum Gasteiger partial charge on any atom is 0.308 e. The van der Waals surface area contributed by atoms with Gasteiger partial charge in [-0.2, -0.15) is 0 Å². The number of carbonyl (C=O) groups is 2. The molecule has 120 valence electrons. The van der Waals surface area contributed by atoms with Crippen molar-refractivity contribution in [1.29, 1.82) is 0 Å². The standard InChI is InChI=1S/C17H29NO3/c1-21-17(20)15-10-12-18(13-11-15)16(19)9-5-8-14-6-3-2-4-7-14/h14-15H,2-13H2,1H3. The van der Waals surface area contributed by atoms with Gasteiger partial charge in [0.05, 0.1) is 13.0 Å². The maximum atomic E-state index is 12.2. The Balaban J connectivity index is 1.62. The fourth-order valence-corrected chi connectivity index (χ4v) is 3.71. The fourth-order valence-electron chi connectivity index (χ4n) is 3.71. The lowest BCUT2D eigenvalue weighted by Crippen LogP contribution is -2.40. The van der Waals surface area contributed by atoms with Crippen LogP contribution in [-0.4, -0.2) is 37.0 Å². The summed E-state index contributed by atoms with van der Waals surface area (Å²) in [6.07, 6.45) is 11.3. The van der Waals surface area contributed by atoms with Gasteiger partial charge in [-0.25, -0.2) is 0 Å². The van der Waals surface area contributed by atoms with Crippen molar-refractivity contribution in [3.8, 4) is 0 Å². The second kappa shape index (κ2) is 8.40. The summed E-state index contributed by atoms with van der Waals surface area (Å²) in [7, 11) is 1.44. The topological polar surface area (TPSA) is 46.6 Å². The van der Waals surface area contributed by atoms with Gasteiger partial charge in [-0.05, 0) is 31.6 Å². The highest BCUT2D eigenvalue weighted by atomic mass is 16.5. The van der Waals surface area contributed by atoms with Crippen molar-refractivity contribution in [3.05, 3.63) is 0 Å². The SMILES string of the molecule is COC(=O)C1CCN(C(=O)CCCC2CCCCC2)CC1. The van der Waals surface area contributed by atoms with Gasteiger partial charge in [0.2, 0.25) is 5.91 Å². The van der Waals surface area contributed by atoms with Crippen LogP contribution < -0.4 is 0 Å². The summed E-state index contributed by atoms with van der Waals surface area (Å²) in [6, 6.07) is 0. The molecule has 1 saturated heterocycles. The molecule has 4 nitrogen and oxygen atoms in total. The van der Waals surface area contributed by atoms with Gasteiger partial charge in [-0.1, -0.05) is 32.1 Å². The Hall–Kier alpha value is -1.06. The van der Waals surface area contributed by atoms with Gasteiger partial charge in [0.15, 0.2) is 0 Å². The molecular formula is C17H29NO3. The molecule has 1 heterocycles. The van der Waals surface area contributed by atoms with E-state index in [4.69, 9.17) is 4.74 Å². The number of rotatable bonds is 5. The zero-order chi connectivity index (χ0) is 15.1. The van der Waals surface area contributed by atoms with E-state index in [1.165, 1.54) is 45.6 Å². The zero-order valence-corrected chi connectivity index (χ0v) is 13.3. The average Bonchev–Trinajstić information content (AvgIpc) is 2.55. The van der Waals surface area contributed by atoms with Gasteiger partial charge < -0.3 is 9.64 Å². The molecule has 4 heteroatoms. The fraction of sp³-hybridized carbons (Fsp3) is 0.882. The van der Waals surface area contributed by atoms with E-state index in [1.807, 2.05) is 4.90 Å². The van der Waals surface area contributed by atoms with Gasteiger partial charge in [0.25, 0.3) is 0 Å². The van der Waals surface area contributed by atoms with Crippen LogP contribution >= 0.6 is 0 Å². The lowest BCUT2D eigenvalue weighted by atomic mass is 9.86. The average molecular weight is 295 g/mol. The summed E-state index contributed by atoms with van der Waals surface area (Å²) < 4.78 is 4.78. The Labute approximate surface area is 128 Å².